The summed E-state index contributed by atoms with van der Waals surface area (Å²) >= 11 is 0. The van der Waals surface area contributed by atoms with Crippen LogP contribution < -0.4 is 0 Å². The van der Waals surface area contributed by atoms with Crippen LogP contribution in [0.25, 0.3) is 0 Å². The molecular formula is C32H45NO4. The quantitative estimate of drug-likeness (QED) is 0.389. The lowest BCUT2D eigenvalue weighted by atomic mass is 9.33. The molecule has 0 N–H and O–H groups in total. The molecule has 0 aromatic carbocycles. The fraction of sp³-hybridized carbons (Fsp3) is 0.781. The average Bonchev–Trinajstić information content (AvgIpc) is 3.29. The molecule has 0 aliphatic heterocycles. The van der Waals surface area contributed by atoms with Crippen molar-refractivity contribution in [1.29, 1.82) is 0 Å². The molecule has 0 bridgehead atoms. The molecular weight excluding hydrogens is 462 g/mol. The highest BCUT2D eigenvalue weighted by molar-refractivity contribution is 5.96. The Morgan fingerprint density at radius 1 is 1.03 bits per heavy atom. The standard InChI is InChI=1S/C32H45NO4/c1-27(2)23-9-10-32(7)24(30(23,5)16-19-18-33-37-25(19)27)22(34)15-20-21-17-29(4,26(35)36-8)12-11-28(21,3)13-14-31(20,32)6/h15,18,21,23-24H,9-14,16-17H2,1-8H3/t21-,23+,24-,28+,29+,30-,31+,32+/m1/s1. The third-order valence-electron chi connectivity index (χ3n) is 13.2. The SMILES string of the molecule is COC(=O)[C@@]1(C)CC[C@@]2(C)CC[C@@]3(C)C(=CC(=O)[C@@H]4[C@]5(C)Cc6cnoc6C(C)(C)[C@@H]5CC[C@@]43C)[C@H]2C1. The second kappa shape index (κ2) is 7.39. The van der Waals surface area contributed by atoms with Crippen LogP contribution in [0.15, 0.2) is 22.4 Å². The number of ketones is 1. The van der Waals surface area contributed by atoms with Gasteiger partial charge in [-0.05, 0) is 97.9 Å². The lowest BCUT2D eigenvalue weighted by Crippen LogP contribution is -2.66. The van der Waals surface area contributed by atoms with Gasteiger partial charge in [0.25, 0.3) is 0 Å². The first-order valence-electron chi connectivity index (χ1n) is 14.4. The van der Waals surface area contributed by atoms with Crippen molar-refractivity contribution >= 4 is 11.8 Å². The number of allylic oxidation sites excluding steroid dienone is 2. The van der Waals surface area contributed by atoms with Crippen LogP contribution in [0.2, 0.25) is 0 Å². The largest absolute Gasteiger partial charge is 0.469 e. The van der Waals surface area contributed by atoms with Gasteiger partial charge >= 0.3 is 5.97 Å². The summed E-state index contributed by atoms with van der Waals surface area (Å²) in [5, 5.41) is 4.19. The molecule has 0 saturated heterocycles. The zero-order valence-electron chi connectivity index (χ0n) is 24.1. The number of methoxy groups -OCH3 is 1. The van der Waals surface area contributed by atoms with Gasteiger partial charge in [0.05, 0.1) is 18.7 Å². The third kappa shape index (κ3) is 2.95. The number of carbonyl (C=O) groups excluding carboxylic acids is 2. The van der Waals surface area contributed by atoms with Crippen LogP contribution in [0.1, 0.15) is 105 Å². The Hall–Kier alpha value is -1.91. The minimum atomic E-state index is -0.486. The summed E-state index contributed by atoms with van der Waals surface area (Å²) in [6.45, 7) is 16.4. The lowest BCUT2D eigenvalue weighted by Gasteiger charge is -2.69. The summed E-state index contributed by atoms with van der Waals surface area (Å²) in [5.41, 5.74) is 1.68. The van der Waals surface area contributed by atoms with E-state index in [1.165, 1.54) is 18.2 Å². The van der Waals surface area contributed by atoms with Gasteiger partial charge in [0.1, 0.15) is 5.76 Å². The van der Waals surface area contributed by atoms with Gasteiger partial charge in [-0.2, -0.15) is 0 Å². The minimum Gasteiger partial charge on any atom is -0.469 e. The van der Waals surface area contributed by atoms with Gasteiger partial charge in [0.2, 0.25) is 0 Å². The van der Waals surface area contributed by atoms with E-state index in [9.17, 15) is 9.59 Å². The van der Waals surface area contributed by atoms with E-state index in [2.05, 4.69) is 59.7 Å². The topological polar surface area (TPSA) is 69.4 Å². The van der Waals surface area contributed by atoms with Crippen molar-refractivity contribution in [2.45, 2.75) is 105 Å². The van der Waals surface area contributed by atoms with Crippen molar-refractivity contribution < 1.29 is 18.8 Å². The molecule has 3 fully saturated rings. The monoisotopic (exact) mass is 507 g/mol. The number of aromatic nitrogens is 1. The number of ether oxygens (including phenoxy) is 1. The van der Waals surface area contributed by atoms with Gasteiger partial charge in [0, 0.05) is 16.9 Å². The molecule has 5 aliphatic carbocycles. The summed E-state index contributed by atoms with van der Waals surface area (Å²) in [6.07, 6.45) is 11.9. The molecule has 0 radical (unpaired) electrons. The maximum atomic E-state index is 14.5. The maximum Gasteiger partial charge on any atom is 0.311 e. The Bertz CT molecular complexity index is 1210. The van der Waals surface area contributed by atoms with E-state index >= 15 is 0 Å². The van der Waals surface area contributed by atoms with Crippen molar-refractivity contribution in [3.05, 3.63) is 29.2 Å². The van der Waals surface area contributed by atoms with E-state index in [0.29, 0.717) is 11.7 Å². The second-order valence-corrected chi connectivity index (χ2v) is 15.3. The molecule has 5 nitrogen and oxygen atoms in total. The van der Waals surface area contributed by atoms with E-state index in [0.717, 1.165) is 57.1 Å². The van der Waals surface area contributed by atoms with Crippen LogP contribution >= 0.6 is 0 Å². The Morgan fingerprint density at radius 3 is 2.43 bits per heavy atom. The molecule has 3 saturated carbocycles. The van der Waals surface area contributed by atoms with Crippen LogP contribution in [0, 0.1) is 44.8 Å². The van der Waals surface area contributed by atoms with Gasteiger partial charge < -0.3 is 9.26 Å². The van der Waals surface area contributed by atoms with E-state index in [1.54, 1.807) is 0 Å². The van der Waals surface area contributed by atoms with Crippen LogP contribution in [0.4, 0.5) is 0 Å². The van der Waals surface area contributed by atoms with Crippen LogP contribution in [0.5, 0.6) is 0 Å². The first-order valence-corrected chi connectivity index (χ1v) is 14.4. The molecule has 0 spiro atoms. The molecule has 0 unspecified atom stereocenters. The molecule has 1 aromatic heterocycles. The molecule has 1 heterocycles. The van der Waals surface area contributed by atoms with Crippen LogP contribution in [0.3, 0.4) is 0 Å². The summed E-state index contributed by atoms with van der Waals surface area (Å²) in [6, 6.07) is 0. The maximum absolute atomic E-state index is 14.5. The zero-order chi connectivity index (χ0) is 26.8. The van der Waals surface area contributed by atoms with E-state index in [-0.39, 0.29) is 44.9 Å². The first-order chi connectivity index (χ1) is 17.2. The number of esters is 1. The lowest BCUT2D eigenvalue weighted by molar-refractivity contribution is -0.175. The van der Waals surface area contributed by atoms with Gasteiger partial charge in [-0.3, -0.25) is 9.59 Å². The fourth-order valence-corrected chi connectivity index (χ4v) is 10.9. The highest BCUT2D eigenvalue weighted by atomic mass is 16.5. The number of rotatable bonds is 1. The summed E-state index contributed by atoms with van der Waals surface area (Å²) in [5.74, 6) is 1.80. The number of hydrogen-bond donors (Lipinski definition) is 0. The predicted octanol–water partition coefficient (Wildman–Crippen LogP) is 6.84. The Kier molecular flexibility index (Phi) is 5.06. The van der Waals surface area contributed by atoms with E-state index in [1.807, 2.05) is 6.20 Å². The van der Waals surface area contributed by atoms with Crippen molar-refractivity contribution in [1.82, 2.24) is 5.16 Å². The molecule has 37 heavy (non-hydrogen) atoms. The van der Waals surface area contributed by atoms with Crippen molar-refractivity contribution in [2.75, 3.05) is 7.11 Å². The highest BCUT2D eigenvalue weighted by Gasteiger charge is 2.70. The van der Waals surface area contributed by atoms with Crippen molar-refractivity contribution in [3.63, 3.8) is 0 Å². The molecule has 8 atom stereocenters. The second-order valence-electron chi connectivity index (χ2n) is 15.3. The molecule has 0 amide bonds. The highest BCUT2D eigenvalue weighted by Crippen LogP contribution is 2.74. The molecule has 202 valence electrons. The Labute approximate surface area is 222 Å². The van der Waals surface area contributed by atoms with Gasteiger partial charge in [0.15, 0.2) is 5.78 Å². The first kappa shape index (κ1) is 25.4. The van der Waals surface area contributed by atoms with Gasteiger partial charge in [-0.15, -0.1) is 0 Å². The smallest absolute Gasteiger partial charge is 0.311 e. The number of hydrogen-bond acceptors (Lipinski definition) is 5. The number of nitrogens with zero attached hydrogens (tertiary/aromatic N) is 1. The fourth-order valence-electron chi connectivity index (χ4n) is 10.9. The Balaban J connectivity index is 1.47. The summed E-state index contributed by atoms with van der Waals surface area (Å²) in [7, 11) is 1.51. The van der Waals surface area contributed by atoms with E-state index in [4.69, 9.17) is 9.26 Å². The third-order valence-corrected chi connectivity index (χ3v) is 13.2. The van der Waals surface area contributed by atoms with Crippen LogP contribution in [-0.4, -0.2) is 24.0 Å². The predicted molar refractivity (Wildman–Crippen MR) is 142 cm³/mol. The summed E-state index contributed by atoms with van der Waals surface area (Å²) < 4.78 is 11.1. The van der Waals surface area contributed by atoms with Gasteiger partial charge in [-0.25, -0.2) is 0 Å². The van der Waals surface area contributed by atoms with Crippen molar-refractivity contribution in [2.24, 2.45) is 44.8 Å². The molecule has 5 heteroatoms. The summed E-state index contributed by atoms with van der Waals surface area (Å²) in [4.78, 5) is 27.4. The molecule has 6 rings (SSSR count). The molecule has 1 aromatic rings. The number of fused-ring (bicyclic) bond motifs is 8. The Morgan fingerprint density at radius 2 is 1.73 bits per heavy atom. The van der Waals surface area contributed by atoms with Gasteiger partial charge in [-0.1, -0.05) is 52.3 Å². The van der Waals surface area contributed by atoms with Crippen LogP contribution in [-0.2, 0) is 26.2 Å². The normalized spacial score (nSPS) is 47.9. The van der Waals surface area contributed by atoms with Crippen molar-refractivity contribution in [3.8, 4) is 0 Å². The molecule has 5 aliphatic rings. The minimum absolute atomic E-state index is 0.0326. The zero-order valence-corrected chi connectivity index (χ0v) is 24.1. The van der Waals surface area contributed by atoms with E-state index < -0.39 is 5.41 Å². The average molecular weight is 508 g/mol. The number of carbonyl (C=O) groups is 2.